The lowest BCUT2D eigenvalue weighted by Gasteiger charge is -2.27. The topological polar surface area (TPSA) is 67.2 Å². The number of rotatable bonds is 3. The molecule has 2 aliphatic rings. The van der Waals surface area contributed by atoms with E-state index >= 15 is 0 Å². The van der Waals surface area contributed by atoms with E-state index in [-0.39, 0.29) is 17.9 Å². The summed E-state index contributed by atoms with van der Waals surface area (Å²) in [6, 6.07) is 0.0599. The van der Waals surface area contributed by atoms with Crippen LogP contribution in [0.5, 0.6) is 0 Å². The molecule has 1 saturated heterocycles. The lowest BCUT2D eigenvalue weighted by molar-refractivity contribution is 0.0705. The zero-order valence-electron chi connectivity index (χ0n) is 14.1. The molecule has 0 aromatic carbocycles. The first-order valence-corrected chi connectivity index (χ1v) is 8.77. The second-order valence-corrected chi connectivity index (χ2v) is 6.82. The van der Waals surface area contributed by atoms with E-state index in [4.69, 9.17) is 0 Å². The molecule has 0 aliphatic carbocycles. The molecule has 0 radical (unpaired) electrons. The summed E-state index contributed by atoms with van der Waals surface area (Å²) < 4.78 is 1.98. The van der Waals surface area contributed by atoms with Gasteiger partial charge in [0.25, 0.3) is 11.8 Å². The number of aromatic nitrogens is 2. The number of carbonyl (C=O) groups is 2. The Hall–Kier alpha value is -1.85. The molecule has 3 rings (SSSR count). The van der Waals surface area contributed by atoms with Crippen LogP contribution in [0.4, 0.5) is 0 Å². The maximum atomic E-state index is 12.8. The van der Waals surface area contributed by atoms with E-state index in [1.807, 2.05) is 23.3 Å². The van der Waals surface area contributed by atoms with Crippen molar-refractivity contribution in [3.63, 3.8) is 0 Å². The Bertz CT molecular complexity index is 600. The highest BCUT2D eigenvalue weighted by molar-refractivity contribution is 5.97. The Morgan fingerprint density at radius 1 is 1.04 bits per heavy atom. The van der Waals surface area contributed by atoms with Crippen LogP contribution >= 0.6 is 0 Å². The lowest BCUT2D eigenvalue weighted by Crippen LogP contribution is -2.37. The predicted molar refractivity (Wildman–Crippen MR) is 87.5 cm³/mol. The Balaban J connectivity index is 1.92. The monoisotopic (exact) mass is 318 g/mol. The highest BCUT2D eigenvalue weighted by Crippen LogP contribution is 2.23. The van der Waals surface area contributed by atoms with Crippen molar-refractivity contribution in [3.05, 3.63) is 17.2 Å². The van der Waals surface area contributed by atoms with Gasteiger partial charge in [0.15, 0.2) is 5.82 Å². The average molecular weight is 318 g/mol. The van der Waals surface area contributed by atoms with Crippen LogP contribution in [-0.4, -0.2) is 45.4 Å². The first-order chi connectivity index (χ1) is 11.1. The SMILES string of the molecule is CC(C)NC(=O)c1nc(C(=O)N2CCCCC2)n2c1CCCC2. The van der Waals surface area contributed by atoms with Gasteiger partial charge in [-0.3, -0.25) is 9.59 Å². The summed E-state index contributed by atoms with van der Waals surface area (Å²) >= 11 is 0. The van der Waals surface area contributed by atoms with E-state index in [2.05, 4.69) is 10.3 Å². The van der Waals surface area contributed by atoms with Crippen molar-refractivity contribution in [1.29, 1.82) is 0 Å². The van der Waals surface area contributed by atoms with Crippen LogP contribution in [0.1, 0.15) is 72.8 Å². The summed E-state index contributed by atoms with van der Waals surface area (Å²) in [4.78, 5) is 31.6. The molecule has 0 saturated carbocycles. The largest absolute Gasteiger partial charge is 0.348 e. The van der Waals surface area contributed by atoms with Crippen LogP contribution < -0.4 is 5.32 Å². The second kappa shape index (κ2) is 6.72. The standard InChI is InChI=1S/C17H26N4O2/c1-12(2)18-16(22)14-13-8-4-7-11-21(13)15(19-14)17(23)20-9-5-3-6-10-20/h12H,3-11H2,1-2H3,(H,18,22). The van der Waals surface area contributed by atoms with Crippen molar-refractivity contribution in [1.82, 2.24) is 19.8 Å². The highest BCUT2D eigenvalue weighted by Gasteiger charge is 2.30. The van der Waals surface area contributed by atoms with E-state index in [9.17, 15) is 9.59 Å². The van der Waals surface area contributed by atoms with Crippen molar-refractivity contribution in [2.75, 3.05) is 13.1 Å². The molecular weight excluding hydrogens is 292 g/mol. The van der Waals surface area contributed by atoms with Crippen molar-refractivity contribution < 1.29 is 9.59 Å². The summed E-state index contributed by atoms with van der Waals surface area (Å²) in [5, 5.41) is 2.90. The van der Waals surface area contributed by atoms with Crippen molar-refractivity contribution in [2.24, 2.45) is 0 Å². The minimum absolute atomic E-state index is 0.0172. The number of piperidine rings is 1. The van der Waals surface area contributed by atoms with Gasteiger partial charge in [0.2, 0.25) is 0 Å². The quantitative estimate of drug-likeness (QED) is 0.926. The Morgan fingerprint density at radius 2 is 1.74 bits per heavy atom. The second-order valence-electron chi connectivity index (χ2n) is 6.82. The molecular formula is C17H26N4O2. The number of nitrogens with zero attached hydrogens (tertiary/aromatic N) is 3. The van der Waals surface area contributed by atoms with Crippen molar-refractivity contribution >= 4 is 11.8 Å². The number of carbonyl (C=O) groups excluding carboxylic acids is 2. The third-order valence-electron chi connectivity index (χ3n) is 4.59. The van der Waals surface area contributed by atoms with E-state index in [0.29, 0.717) is 11.5 Å². The van der Waals surface area contributed by atoms with Gasteiger partial charge in [-0.1, -0.05) is 0 Å². The van der Waals surface area contributed by atoms with Crippen LogP contribution in [0, 0.1) is 0 Å². The van der Waals surface area contributed by atoms with Crippen LogP contribution in [-0.2, 0) is 13.0 Å². The van der Waals surface area contributed by atoms with Crippen LogP contribution in [0.15, 0.2) is 0 Å². The molecule has 23 heavy (non-hydrogen) atoms. The number of hydrogen-bond donors (Lipinski definition) is 1. The summed E-state index contributed by atoms with van der Waals surface area (Å²) in [6.07, 6.45) is 6.20. The third-order valence-corrected chi connectivity index (χ3v) is 4.59. The molecule has 0 spiro atoms. The lowest BCUT2D eigenvalue weighted by atomic mass is 10.1. The minimum Gasteiger partial charge on any atom is -0.348 e. The van der Waals surface area contributed by atoms with Gasteiger partial charge in [0.1, 0.15) is 5.69 Å². The summed E-state index contributed by atoms with van der Waals surface area (Å²) in [6.45, 7) is 6.25. The van der Waals surface area contributed by atoms with Crippen LogP contribution in [0.3, 0.4) is 0 Å². The smallest absolute Gasteiger partial charge is 0.289 e. The van der Waals surface area contributed by atoms with Gasteiger partial charge in [-0.25, -0.2) is 4.98 Å². The van der Waals surface area contributed by atoms with E-state index in [1.54, 1.807) is 0 Å². The number of amides is 2. The normalized spacial score (nSPS) is 18.0. The summed E-state index contributed by atoms with van der Waals surface area (Å²) in [5.74, 6) is 0.273. The first kappa shape index (κ1) is 16.0. The summed E-state index contributed by atoms with van der Waals surface area (Å²) in [7, 11) is 0. The first-order valence-electron chi connectivity index (χ1n) is 8.77. The maximum Gasteiger partial charge on any atom is 0.289 e. The molecule has 6 nitrogen and oxygen atoms in total. The highest BCUT2D eigenvalue weighted by atomic mass is 16.2. The van der Waals surface area contributed by atoms with E-state index < -0.39 is 0 Å². The van der Waals surface area contributed by atoms with Gasteiger partial charge < -0.3 is 14.8 Å². The van der Waals surface area contributed by atoms with Crippen LogP contribution in [0.25, 0.3) is 0 Å². The average Bonchev–Trinajstić information content (AvgIpc) is 2.94. The number of nitrogens with one attached hydrogen (secondary N) is 1. The molecule has 1 N–H and O–H groups in total. The molecule has 1 aromatic heterocycles. The zero-order valence-corrected chi connectivity index (χ0v) is 14.1. The molecule has 2 aliphatic heterocycles. The Labute approximate surface area is 137 Å². The van der Waals surface area contributed by atoms with Gasteiger partial charge in [-0.15, -0.1) is 0 Å². The molecule has 0 bridgehead atoms. The zero-order chi connectivity index (χ0) is 16.4. The van der Waals surface area contributed by atoms with Crippen LogP contribution in [0.2, 0.25) is 0 Å². The number of hydrogen-bond acceptors (Lipinski definition) is 3. The Kier molecular flexibility index (Phi) is 4.68. The Morgan fingerprint density at radius 3 is 2.43 bits per heavy atom. The van der Waals surface area contributed by atoms with Gasteiger partial charge in [0.05, 0.1) is 5.69 Å². The summed E-state index contributed by atoms with van der Waals surface area (Å²) in [5.41, 5.74) is 1.37. The fourth-order valence-electron chi connectivity index (χ4n) is 3.46. The van der Waals surface area contributed by atoms with Crippen molar-refractivity contribution in [3.8, 4) is 0 Å². The molecule has 3 heterocycles. The van der Waals surface area contributed by atoms with Gasteiger partial charge >= 0.3 is 0 Å². The fourth-order valence-corrected chi connectivity index (χ4v) is 3.46. The number of imidazole rings is 1. The number of fused-ring (bicyclic) bond motifs is 1. The molecule has 0 unspecified atom stereocenters. The maximum absolute atomic E-state index is 12.8. The predicted octanol–water partition coefficient (Wildman–Crippen LogP) is 1.98. The molecule has 0 atom stereocenters. The minimum atomic E-state index is -0.164. The molecule has 6 heteroatoms. The molecule has 1 aromatic rings. The molecule has 126 valence electrons. The fraction of sp³-hybridized carbons (Fsp3) is 0.706. The van der Waals surface area contributed by atoms with E-state index in [0.717, 1.165) is 57.4 Å². The van der Waals surface area contributed by atoms with Gasteiger partial charge in [-0.2, -0.15) is 0 Å². The van der Waals surface area contributed by atoms with E-state index in [1.165, 1.54) is 6.42 Å². The molecule has 1 fully saturated rings. The van der Waals surface area contributed by atoms with Gasteiger partial charge in [-0.05, 0) is 52.4 Å². The molecule has 2 amide bonds. The van der Waals surface area contributed by atoms with Gasteiger partial charge in [0, 0.05) is 25.7 Å². The third kappa shape index (κ3) is 3.26. The van der Waals surface area contributed by atoms with Crippen molar-refractivity contribution in [2.45, 2.75) is 65.0 Å². The number of likely N-dealkylation sites (tertiary alicyclic amines) is 1.